The lowest BCUT2D eigenvalue weighted by molar-refractivity contribution is -0.139. The van der Waals surface area contributed by atoms with E-state index in [1.807, 2.05) is 26.8 Å². The first-order valence-electron chi connectivity index (χ1n) is 10.2. The fourth-order valence-electron chi connectivity index (χ4n) is 4.27. The zero-order valence-electron chi connectivity index (χ0n) is 17.7. The van der Waals surface area contributed by atoms with E-state index in [0.717, 1.165) is 18.4 Å². The smallest absolute Gasteiger partial charge is 0.343 e. The Kier molecular flexibility index (Phi) is 4.96. The van der Waals surface area contributed by atoms with Gasteiger partial charge in [-0.15, -0.1) is 0 Å². The first kappa shape index (κ1) is 20.3. The number of ether oxygens (including phenoxy) is 2. The topological polar surface area (TPSA) is 86.0 Å². The van der Waals surface area contributed by atoms with Crippen molar-refractivity contribution in [2.45, 2.75) is 64.6 Å². The standard InChI is InChI=1S/C24H26O6/c1-13(10-17-11-14(2)22(26)28-17)6-5-9-24(4)15(3)20-21(30-24)18-8-7-16(25)12-19(18)29-23(20)27/h6-8,11-12,15,17,25H,5,9-10H2,1-4H3/b13-6+/t15-,17?,24-/m1/s1. The molecular weight excluding hydrogens is 384 g/mol. The van der Waals surface area contributed by atoms with Crippen LogP contribution in [-0.2, 0) is 9.53 Å². The Morgan fingerprint density at radius 1 is 1.30 bits per heavy atom. The molecule has 0 bridgehead atoms. The summed E-state index contributed by atoms with van der Waals surface area (Å²) in [4.78, 5) is 24.1. The van der Waals surface area contributed by atoms with Gasteiger partial charge in [0.05, 0.1) is 10.9 Å². The maximum absolute atomic E-state index is 12.6. The molecule has 0 aliphatic carbocycles. The highest BCUT2D eigenvalue weighted by Crippen LogP contribution is 2.48. The van der Waals surface area contributed by atoms with Gasteiger partial charge in [0.1, 0.15) is 28.8 Å². The van der Waals surface area contributed by atoms with E-state index in [9.17, 15) is 14.7 Å². The van der Waals surface area contributed by atoms with Crippen molar-refractivity contribution in [1.82, 2.24) is 0 Å². The highest BCUT2D eigenvalue weighted by Gasteiger charge is 2.44. The molecule has 3 atom stereocenters. The lowest BCUT2D eigenvalue weighted by Crippen LogP contribution is -2.33. The second kappa shape index (κ2) is 7.35. The van der Waals surface area contributed by atoms with Crippen LogP contribution in [-0.4, -0.2) is 22.8 Å². The van der Waals surface area contributed by atoms with Crippen molar-refractivity contribution in [2.24, 2.45) is 0 Å². The highest BCUT2D eigenvalue weighted by atomic mass is 16.5. The van der Waals surface area contributed by atoms with E-state index < -0.39 is 11.2 Å². The summed E-state index contributed by atoms with van der Waals surface area (Å²) >= 11 is 0. The van der Waals surface area contributed by atoms with Crippen LogP contribution in [0.3, 0.4) is 0 Å². The van der Waals surface area contributed by atoms with Crippen LogP contribution >= 0.6 is 0 Å². The molecule has 1 unspecified atom stereocenters. The molecular formula is C24H26O6. The summed E-state index contributed by atoms with van der Waals surface area (Å²) in [6, 6.07) is 4.70. The van der Waals surface area contributed by atoms with Gasteiger partial charge in [0.15, 0.2) is 0 Å². The molecule has 1 aromatic heterocycles. The highest BCUT2D eigenvalue weighted by molar-refractivity contribution is 5.90. The van der Waals surface area contributed by atoms with Crippen LogP contribution in [0.1, 0.15) is 58.4 Å². The van der Waals surface area contributed by atoms with Gasteiger partial charge in [0.2, 0.25) is 0 Å². The quantitative estimate of drug-likeness (QED) is 0.435. The van der Waals surface area contributed by atoms with E-state index in [2.05, 4.69) is 6.08 Å². The number of esters is 1. The number of carbonyl (C=O) groups excluding carboxylic acids is 1. The van der Waals surface area contributed by atoms with E-state index in [4.69, 9.17) is 13.9 Å². The number of hydrogen-bond acceptors (Lipinski definition) is 6. The Bertz CT molecular complexity index is 1140. The van der Waals surface area contributed by atoms with Gasteiger partial charge < -0.3 is 19.0 Å². The minimum Gasteiger partial charge on any atom is -0.508 e. The second-order valence-electron chi connectivity index (χ2n) is 8.54. The molecule has 2 aromatic rings. The van der Waals surface area contributed by atoms with Gasteiger partial charge in [0, 0.05) is 24.0 Å². The van der Waals surface area contributed by atoms with Crippen molar-refractivity contribution in [2.75, 3.05) is 0 Å². The average molecular weight is 410 g/mol. The van der Waals surface area contributed by atoms with E-state index in [1.165, 1.54) is 6.07 Å². The number of aromatic hydroxyl groups is 1. The fraction of sp³-hybridized carbons (Fsp3) is 0.417. The Hall–Kier alpha value is -3.02. The van der Waals surface area contributed by atoms with Gasteiger partial charge >= 0.3 is 11.6 Å². The van der Waals surface area contributed by atoms with Crippen molar-refractivity contribution in [1.29, 1.82) is 0 Å². The maximum atomic E-state index is 12.6. The number of fused-ring (bicyclic) bond motifs is 3. The maximum Gasteiger partial charge on any atom is 0.343 e. The normalized spacial score (nSPS) is 25.8. The van der Waals surface area contributed by atoms with Crippen molar-refractivity contribution < 1.29 is 23.8 Å². The molecule has 0 spiro atoms. The molecule has 30 heavy (non-hydrogen) atoms. The number of allylic oxidation sites excluding steroid dienone is 1. The molecule has 0 amide bonds. The largest absolute Gasteiger partial charge is 0.508 e. The molecule has 6 heteroatoms. The first-order chi connectivity index (χ1) is 14.2. The van der Waals surface area contributed by atoms with Gasteiger partial charge in [-0.3, -0.25) is 0 Å². The minimum atomic E-state index is -0.545. The third-order valence-electron chi connectivity index (χ3n) is 6.23. The van der Waals surface area contributed by atoms with Crippen LogP contribution in [0.2, 0.25) is 0 Å². The van der Waals surface area contributed by atoms with Crippen LogP contribution in [0.25, 0.3) is 11.0 Å². The molecule has 6 nitrogen and oxygen atoms in total. The summed E-state index contributed by atoms with van der Waals surface area (Å²) in [5, 5.41) is 10.4. The van der Waals surface area contributed by atoms with Crippen LogP contribution in [0.4, 0.5) is 0 Å². The molecule has 3 heterocycles. The third kappa shape index (κ3) is 3.51. The Labute approximate surface area is 174 Å². The van der Waals surface area contributed by atoms with Crippen LogP contribution in [0.15, 0.2) is 50.7 Å². The summed E-state index contributed by atoms with van der Waals surface area (Å²) in [5.41, 5.74) is 1.71. The van der Waals surface area contributed by atoms with E-state index in [1.54, 1.807) is 19.1 Å². The van der Waals surface area contributed by atoms with Gasteiger partial charge in [-0.25, -0.2) is 9.59 Å². The van der Waals surface area contributed by atoms with Crippen LogP contribution in [0.5, 0.6) is 11.5 Å². The summed E-state index contributed by atoms with van der Waals surface area (Å²) in [6.07, 6.45) is 5.98. The van der Waals surface area contributed by atoms with Crippen LogP contribution < -0.4 is 10.4 Å². The fourth-order valence-corrected chi connectivity index (χ4v) is 4.27. The zero-order chi connectivity index (χ0) is 21.6. The summed E-state index contributed by atoms with van der Waals surface area (Å²) in [6.45, 7) is 7.79. The van der Waals surface area contributed by atoms with Crippen molar-refractivity contribution in [3.05, 3.63) is 57.5 Å². The molecule has 0 saturated heterocycles. The number of benzene rings is 1. The van der Waals surface area contributed by atoms with Crippen molar-refractivity contribution >= 4 is 16.9 Å². The first-order valence-corrected chi connectivity index (χ1v) is 10.2. The minimum absolute atomic E-state index is 0.0398. The van der Waals surface area contributed by atoms with Crippen molar-refractivity contribution in [3.63, 3.8) is 0 Å². The lowest BCUT2D eigenvalue weighted by Gasteiger charge is -2.28. The van der Waals surface area contributed by atoms with Gasteiger partial charge in [-0.05, 0) is 51.8 Å². The molecule has 2 aliphatic rings. The molecule has 1 aromatic carbocycles. The Morgan fingerprint density at radius 3 is 2.77 bits per heavy atom. The average Bonchev–Trinajstić information content (AvgIpc) is 3.11. The molecule has 0 saturated carbocycles. The van der Waals surface area contributed by atoms with E-state index in [-0.39, 0.29) is 23.7 Å². The Balaban J connectivity index is 1.49. The van der Waals surface area contributed by atoms with E-state index in [0.29, 0.717) is 34.3 Å². The predicted molar refractivity (Wildman–Crippen MR) is 113 cm³/mol. The van der Waals surface area contributed by atoms with Gasteiger partial charge in [-0.2, -0.15) is 0 Å². The predicted octanol–water partition coefficient (Wildman–Crippen LogP) is 4.74. The van der Waals surface area contributed by atoms with Crippen molar-refractivity contribution in [3.8, 4) is 11.5 Å². The Morgan fingerprint density at radius 2 is 2.07 bits per heavy atom. The third-order valence-corrected chi connectivity index (χ3v) is 6.23. The SMILES string of the molecule is CC1=CC(C/C(C)=C/CC[C@@]2(C)Oc3c(c(=O)oc4cc(O)ccc34)[C@H]2C)OC1=O. The second-order valence-corrected chi connectivity index (χ2v) is 8.54. The number of carbonyl (C=O) groups is 1. The number of phenols is 1. The van der Waals surface area contributed by atoms with Crippen LogP contribution in [0, 0.1) is 0 Å². The monoisotopic (exact) mass is 410 g/mol. The molecule has 0 fully saturated rings. The number of phenolic OH excluding ortho intramolecular Hbond substituents is 1. The molecule has 4 rings (SSSR count). The summed E-state index contributed by atoms with van der Waals surface area (Å²) in [7, 11) is 0. The van der Waals surface area contributed by atoms with Gasteiger partial charge in [-0.1, -0.05) is 18.6 Å². The molecule has 158 valence electrons. The van der Waals surface area contributed by atoms with E-state index >= 15 is 0 Å². The summed E-state index contributed by atoms with van der Waals surface area (Å²) < 4.78 is 17.1. The molecule has 2 aliphatic heterocycles. The lowest BCUT2D eigenvalue weighted by atomic mass is 9.84. The number of cyclic esters (lactones) is 1. The number of hydrogen-bond donors (Lipinski definition) is 1. The molecule has 1 N–H and O–H groups in total. The molecule has 0 radical (unpaired) electrons. The number of rotatable bonds is 5. The van der Waals surface area contributed by atoms with Gasteiger partial charge in [0.25, 0.3) is 0 Å². The summed E-state index contributed by atoms with van der Waals surface area (Å²) in [5.74, 6) is 0.219. The zero-order valence-corrected chi connectivity index (χ0v) is 17.7.